The summed E-state index contributed by atoms with van der Waals surface area (Å²) in [5, 5.41) is 11.1. The Morgan fingerprint density at radius 1 is 1.67 bits per heavy atom. The van der Waals surface area contributed by atoms with Gasteiger partial charge in [0.2, 0.25) is 0 Å². The fraction of sp³-hybridized carbons (Fsp3) is 0.167. The normalized spacial score (nSPS) is 9.42. The minimum absolute atomic E-state index is 0.199. The molecule has 0 aromatic carbocycles. The number of halogens is 1. The molecule has 0 aliphatic heterocycles. The second kappa shape index (κ2) is 3.87. The maximum atomic E-state index is 10.1. The molecule has 1 aromatic heterocycles. The Bertz CT molecular complexity index is 292. The number of anilines is 1. The summed E-state index contributed by atoms with van der Waals surface area (Å²) in [5.41, 5.74) is 0. The van der Waals surface area contributed by atoms with Crippen LogP contribution in [0.25, 0.3) is 0 Å². The highest BCUT2D eigenvalue weighted by Crippen LogP contribution is 2.05. The monoisotopic (exact) mass is 187 g/mol. The number of nitrogens with one attached hydrogen (secondary N) is 1. The van der Waals surface area contributed by atoms with Crippen LogP contribution in [0.1, 0.15) is 0 Å². The summed E-state index contributed by atoms with van der Waals surface area (Å²) >= 11 is 5.50. The first-order valence-corrected chi connectivity index (χ1v) is 3.49. The van der Waals surface area contributed by atoms with Crippen molar-refractivity contribution in [2.24, 2.45) is 0 Å². The van der Waals surface area contributed by atoms with Crippen molar-refractivity contribution in [1.82, 2.24) is 9.97 Å². The van der Waals surface area contributed by atoms with Gasteiger partial charge in [-0.05, 0) is 0 Å². The van der Waals surface area contributed by atoms with Gasteiger partial charge in [0.1, 0.15) is 17.5 Å². The maximum absolute atomic E-state index is 10.1. The zero-order chi connectivity index (χ0) is 8.97. The van der Waals surface area contributed by atoms with Crippen molar-refractivity contribution in [3.63, 3.8) is 0 Å². The molecule has 0 spiro atoms. The molecular formula is C6H6ClN3O2. The van der Waals surface area contributed by atoms with Gasteiger partial charge in [-0.2, -0.15) is 0 Å². The van der Waals surface area contributed by atoms with Crippen LogP contribution in [0.3, 0.4) is 0 Å². The summed E-state index contributed by atoms with van der Waals surface area (Å²) in [5.74, 6) is -0.610. The first-order chi connectivity index (χ1) is 5.68. The molecule has 1 rings (SSSR count). The number of hydrogen-bond acceptors (Lipinski definition) is 4. The minimum atomic E-state index is -0.961. The second-order valence-corrected chi connectivity index (χ2v) is 2.36. The molecule has 64 valence electrons. The molecular weight excluding hydrogens is 182 g/mol. The molecule has 1 heterocycles. The zero-order valence-electron chi connectivity index (χ0n) is 5.99. The van der Waals surface area contributed by atoms with Crippen LogP contribution >= 0.6 is 11.6 Å². The van der Waals surface area contributed by atoms with E-state index in [0.717, 1.165) is 0 Å². The molecule has 0 saturated carbocycles. The largest absolute Gasteiger partial charge is 0.480 e. The third-order valence-electron chi connectivity index (χ3n) is 1.03. The molecule has 0 aliphatic rings. The summed E-state index contributed by atoms with van der Waals surface area (Å²) < 4.78 is 0. The van der Waals surface area contributed by atoms with Crippen molar-refractivity contribution in [1.29, 1.82) is 0 Å². The summed E-state index contributed by atoms with van der Waals surface area (Å²) in [6, 6.07) is 0. The van der Waals surface area contributed by atoms with Gasteiger partial charge in [0.15, 0.2) is 0 Å². The number of carboxylic acids is 1. The van der Waals surface area contributed by atoms with Gasteiger partial charge in [-0.1, -0.05) is 11.6 Å². The van der Waals surface area contributed by atoms with Gasteiger partial charge in [-0.25, -0.2) is 4.98 Å². The predicted octanol–water partition coefficient (Wildman–Crippen LogP) is 0.627. The van der Waals surface area contributed by atoms with Crippen LogP contribution in [0.2, 0.25) is 5.15 Å². The van der Waals surface area contributed by atoms with Crippen molar-refractivity contribution >= 4 is 23.4 Å². The Balaban J connectivity index is 2.57. The molecule has 6 heteroatoms. The van der Waals surface area contributed by atoms with Crippen molar-refractivity contribution in [2.45, 2.75) is 0 Å². The Morgan fingerprint density at radius 3 is 3.00 bits per heavy atom. The highest BCUT2D eigenvalue weighted by molar-refractivity contribution is 6.29. The minimum Gasteiger partial charge on any atom is -0.480 e. The number of nitrogens with zero attached hydrogens (tertiary/aromatic N) is 2. The average Bonchev–Trinajstić information content (AvgIpc) is 2.01. The number of hydrogen-bond donors (Lipinski definition) is 2. The Morgan fingerprint density at radius 2 is 2.42 bits per heavy atom. The summed E-state index contributed by atoms with van der Waals surface area (Å²) in [6.07, 6.45) is 2.77. The molecule has 1 aromatic rings. The van der Waals surface area contributed by atoms with Crippen LogP contribution in [0, 0.1) is 0 Å². The lowest BCUT2D eigenvalue weighted by molar-refractivity contribution is -0.134. The van der Waals surface area contributed by atoms with Crippen LogP contribution in [0.15, 0.2) is 12.4 Å². The summed E-state index contributed by atoms with van der Waals surface area (Å²) in [4.78, 5) is 17.6. The predicted molar refractivity (Wildman–Crippen MR) is 43.2 cm³/mol. The van der Waals surface area contributed by atoms with Crippen molar-refractivity contribution in [3.8, 4) is 0 Å². The zero-order valence-corrected chi connectivity index (χ0v) is 6.75. The number of carbonyl (C=O) groups is 1. The molecule has 0 radical (unpaired) electrons. The SMILES string of the molecule is O=C(O)CNc1cncc(Cl)n1. The second-order valence-electron chi connectivity index (χ2n) is 1.97. The van der Waals surface area contributed by atoms with Gasteiger partial charge in [0.05, 0.1) is 12.4 Å². The van der Waals surface area contributed by atoms with E-state index < -0.39 is 5.97 Å². The number of aromatic nitrogens is 2. The Labute approximate surface area is 73.4 Å². The van der Waals surface area contributed by atoms with Gasteiger partial charge >= 0.3 is 5.97 Å². The van der Waals surface area contributed by atoms with Gasteiger partial charge in [-0.3, -0.25) is 9.78 Å². The smallest absolute Gasteiger partial charge is 0.322 e. The van der Waals surface area contributed by atoms with Crippen LogP contribution in [0.4, 0.5) is 5.82 Å². The summed E-state index contributed by atoms with van der Waals surface area (Å²) in [6.45, 7) is -0.199. The van der Waals surface area contributed by atoms with E-state index in [0.29, 0.717) is 5.82 Å². The van der Waals surface area contributed by atoms with Gasteiger partial charge in [0, 0.05) is 0 Å². The first kappa shape index (κ1) is 8.73. The van der Waals surface area contributed by atoms with Gasteiger partial charge in [-0.15, -0.1) is 0 Å². The summed E-state index contributed by atoms with van der Waals surface area (Å²) in [7, 11) is 0. The topological polar surface area (TPSA) is 75.1 Å². The molecule has 2 N–H and O–H groups in total. The first-order valence-electron chi connectivity index (χ1n) is 3.11. The molecule has 0 atom stereocenters. The standard InChI is InChI=1S/C6H6ClN3O2/c7-4-1-8-2-5(10-4)9-3-6(11)12/h1-2H,3H2,(H,9,10)(H,11,12). The molecule has 0 bridgehead atoms. The fourth-order valence-electron chi connectivity index (χ4n) is 0.594. The number of aliphatic carboxylic acids is 1. The molecule has 0 amide bonds. The lowest BCUT2D eigenvalue weighted by Gasteiger charge is -2.00. The van der Waals surface area contributed by atoms with E-state index in [1.165, 1.54) is 12.4 Å². The van der Waals surface area contributed by atoms with Crippen LogP contribution in [-0.4, -0.2) is 27.6 Å². The highest BCUT2D eigenvalue weighted by Gasteiger charge is 1.98. The maximum Gasteiger partial charge on any atom is 0.322 e. The van der Waals surface area contributed by atoms with E-state index in [1.54, 1.807) is 0 Å². The average molecular weight is 188 g/mol. The quantitative estimate of drug-likeness (QED) is 0.726. The third kappa shape index (κ3) is 2.71. The molecule has 12 heavy (non-hydrogen) atoms. The highest BCUT2D eigenvalue weighted by atomic mass is 35.5. The Kier molecular flexibility index (Phi) is 2.82. The molecule has 0 aliphatic carbocycles. The molecule has 0 fully saturated rings. The van der Waals surface area contributed by atoms with Gasteiger partial charge < -0.3 is 10.4 Å². The van der Waals surface area contributed by atoms with E-state index in [4.69, 9.17) is 16.7 Å². The lowest BCUT2D eigenvalue weighted by atomic mass is 10.6. The molecule has 0 saturated heterocycles. The van der Waals surface area contributed by atoms with E-state index in [2.05, 4.69) is 15.3 Å². The van der Waals surface area contributed by atoms with E-state index in [-0.39, 0.29) is 11.7 Å². The Hall–Kier alpha value is -1.36. The van der Waals surface area contributed by atoms with Crippen molar-refractivity contribution in [3.05, 3.63) is 17.5 Å². The van der Waals surface area contributed by atoms with Crippen LogP contribution < -0.4 is 5.32 Å². The molecule has 5 nitrogen and oxygen atoms in total. The lowest BCUT2D eigenvalue weighted by Crippen LogP contribution is -2.13. The van der Waals surface area contributed by atoms with Gasteiger partial charge in [0.25, 0.3) is 0 Å². The third-order valence-corrected chi connectivity index (χ3v) is 1.21. The molecule has 0 unspecified atom stereocenters. The number of carboxylic acid groups (broad SMARTS) is 1. The van der Waals surface area contributed by atoms with E-state index >= 15 is 0 Å². The van der Waals surface area contributed by atoms with Crippen molar-refractivity contribution < 1.29 is 9.90 Å². The van der Waals surface area contributed by atoms with E-state index in [1.807, 2.05) is 0 Å². The van der Waals surface area contributed by atoms with Crippen LogP contribution in [0.5, 0.6) is 0 Å². The van der Waals surface area contributed by atoms with E-state index in [9.17, 15) is 4.79 Å². The van der Waals surface area contributed by atoms with Crippen molar-refractivity contribution in [2.75, 3.05) is 11.9 Å². The number of rotatable bonds is 3. The fourth-order valence-corrected chi connectivity index (χ4v) is 0.741. The van der Waals surface area contributed by atoms with Crippen LogP contribution in [-0.2, 0) is 4.79 Å².